The first-order valence-corrected chi connectivity index (χ1v) is 38.1. The molecule has 0 saturated heterocycles. The third-order valence-electron chi connectivity index (χ3n) is 15.7. The maximum absolute atomic E-state index is 6.69. The average molecular weight is 1390 g/mol. The second kappa shape index (κ2) is 16.0. The molecule has 338 valence electrons. The Hall–Kier alpha value is -2.91. The van der Waals surface area contributed by atoms with Crippen molar-refractivity contribution in [3.05, 3.63) is 187 Å². The van der Waals surface area contributed by atoms with Crippen LogP contribution in [0.5, 0.6) is 0 Å². The average Bonchev–Trinajstić information content (AvgIpc) is 4.09. The fourth-order valence-corrected chi connectivity index (χ4v) is 13.7. The molecule has 8 heteroatoms. The summed E-state index contributed by atoms with van der Waals surface area (Å²) in [7, 11) is 0. The van der Waals surface area contributed by atoms with Gasteiger partial charge in [-0.1, -0.05) is 184 Å². The Morgan fingerprint density at radius 1 is 0.382 bits per heavy atom. The predicted molar refractivity (Wildman–Crippen MR) is 315 cm³/mol. The molecule has 0 atom stereocenters. The zero-order valence-electron chi connectivity index (χ0n) is 38.9. The molecule has 0 amide bonds. The molecule has 0 aliphatic heterocycles. The van der Waals surface area contributed by atoms with Gasteiger partial charge in [-0.2, -0.15) is 0 Å². The van der Waals surface area contributed by atoms with E-state index in [4.69, 9.17) is 8.83 Å². The fourth-order valence-electron chi connectivity index (χ4n) is 13.0. The van der Waals surface area contributed by atoms with Crippen molar-refractivity contribution < 1.29 is 13.8 Å². The van der Waals surface area contributed by atoms with Crippen LogP contribution in [-0.2, 0) is 26.6 Å². The number of para-hydroxylation sites is 2. The first-order valence-electron chi connectivity index (χ1n) is 23.0. The van der Waals surface area contributed by atoms with Crippen molar-refractivity contribution in [2.45, 2.75) is 77.0 Å². The second-order valence-electron chi connectivity index (χ2n) is 20.8. The van der Waals surface area contributed by atoms with Gasteiger partial charge < -0.3 is 8.83 Å². The van der Waals surface area contributed by atoms with E-state index in [0.29, 0.717) is 0 Å². The first-order chi connectivity index (χ1) is 32.4. The van der Waals surface area contributed by atoms with Crippen LogP contribution in [-0.4, -0.2) is 0 Å². The van der Waals surface area contributed by atoms with Gasteiger partial charge in [-0.3, -0.25) is 0 Å². The van der Waals surface area contributed by atoms with Gasteiger partial charge in [0.1, 0.15) is 22.3 Å². The van der Waals surface area contributed by atoms with Gasteiger partial charge >= 0.3 is 64.9 Å². The number of hydrogen-bond donors (Lipinski definition) is 0. The summed E-state index contributed by atoms with van der Waals surface area (Å²) in [5.41, 5.74) is 25.5. The normalized spacial score (nSPS) is 16.3. The molecule has 0 spiro atoms. The fraction of sp³-hybridized carbons (Fsp3) is 0.200. The van der Waals surface area contributed by atoms with Gasteiger partial charge in [0.15, 0.2) is 0 Å². The summed E-state index contributed by atoms with van der Waals surface area (Å²) in [4.78, 5) is -0.278. The molecule has 8 aromatic carbocycles. The zero-order chi connectivity index (χ0) is 47.6. The molecule has 10 aromatic rings. The number of rotatable bonds is 0. The van der Waals surface area contributed by atoms with Crippen LogP contribution in [0.25, 0.3) is 88.4 Å². The molecule has 0 bridgehead atoms. The summed E-state index contributed by atoms with van der Waals surface area (Å²) in [6.07, 6.45) is 0. The Balaban J connectivity index is 0.000000131. The van der Waals surface area contributed by atoms with E-state index in [1.165, 1.54) is 111 Å². The van der Waals surface area contributed by atoms with Crippen LogP contribution in [0, 0.1) is 0 Å². The second-order valence-corrected chi connectivity index (χ2v) is 58.0. The quantitative estimate of drug-likeness (QED) is 0.141. The van der Waals surface area contributed by atoms with E-state index < -0.39 is 0 Å². The molecule has 0 saturated carbocycles. The van der Waals surface area contributed by atoms with Gasteiger partial charge in [-0.05, 0) is 114 Å². The van der Waals surface area contributed by atoms with Crippen LogP contribution in [0.2, 0.25) is 0 Å². The molecule has 2 aromatic heterocycles. The third kappa shape index (κ3) is 6.39. The Kier molecular flexibility index (Phi) is 10.9. The van der Waals surface area contributed by atoms with Crippen molar-refractivity contribution in [3.8, 4) is 44.5 Å². The predicted octanol–water partition coefficient (Wildman–Crippen LogP) is 20.6. The van der Waals surface area contributed by atoms with E-state index in [0.717, 1.165) is 31.3 Å². The summed E-state index contributed by atoms with van der Waals surface area (Å²) in [6.45, 7) is 19.1. The van der Waals surface area contributed by atoms with Crippen molar-refractivity contribution in [1.82, 2.24) is 0 Å². The standard InChI is InChI=1S/C30H22Br2O.C30H24O.3HI.V/c1-29(2)20-13-15(31)9-11-17(20)23-24-19-7-5-6-8-22(19)33-28(24)25-18-12-10-16(32)14-21(18)30(3,4)27(25)26(23)29;1-29(2)20-14-8-5-11-17(20)23-24-19-13-7-10-16-22(19)31-28(24)25-18-12-6-9-15-21(18)30(3,4)27(25)26(23)29;;;;/h5-14H,1-4H3;5-16H,1-4H3;3*1H;/q;;;;;+3/p-3. The maximum atomic E-state index is 6.69. The van der Waals surface area contributed by atoms with Gasteiger partial charge in [-0.25, -0.2) is 0 Å². The Morgan fingerprint density at radius 3 is 1.12 bits per heavy atom. The zero-order valence-corrected chi connectivity index (χ0v) is 49.9. The van der Waals surface area contributed by atoms with Gasteiger partial charge in [-0.15, -0.1) is 0 Å². The number of benzene rings is 8. The van der Waals surface area contributed by atoms with Gasteiger partial charge in [0, 0.05) is 63.3 Å². The molecule has 2 heterocycles. The van der Waals surface area contributed by atoms with E-state index in [-0.39, 0.29) is 26.6 Å². The van der Waals surface area contributed by atoms with E-state index in [1.54, 1.807) is 0 Å². The number of furan rings is 2. The van der Waals surface area contributed by atoms with E-state index >= 15 is 0 Å². The van der Waals surface area contributed by atoms with E-state index in [2.05, 4.69) is 281 Å². The van der Waals surface area contributed by atoms with E-state index in [9.17, 15) is 0 Å². The van der Waals surface area contributed by atoms with Crippen molar-refractivity contribution >= 4 is 136 Å². The van der Waals surface area contributed by atoms with Crippen molar-refractivity contribution in [3.63, 3.8) is 0 Å². The Bertz CT molecular complexity index is 3830. The van der Waals surface area contributed by atoms with E-state index in [1.807, 2.05) is 0 Å². The van der Waals surface area contributed by atoms with Crippen LogP contribution < -0.4 is 0 Å². The minimum atomic E-state index is -0.278. The molecule has 4 aliphatic rings. The summed E-state index contributed by atoms with van der Waals surface area (Å²) >= 11 is 14.8. The summed E-state index contributed by atoms with van der Waals surface area (Å²) in [6, 6.07) is 48.3. The Labute approximate surface area is 452 Å². The van der Waals surface area contributed by atoms with Crippen molar-refractivity contribution in [1.29, 1.82) is 0 Å². The third-order valence-corrected chi connectivity index (χ3v) is 16.7. The first kappa shape index (κ1) is 46.2. The summed E-state index contributed by atoms with van der Waals surface area (Å²) in [5, 5.41) is 4.93. The number of hydrogen-bond acceptors (Lipinski definition) is 2. The molecule has 0 radical (unpaired) electrons. The number of fused-ring (bicyclic) bond motifs is 24. The molecule has 0 unspecified atom stereocenters. The van der Waals surface area contributed by atoms with Crippen LogP contribution in [0.15, 0.2) is 151 Å². The van der Waals surface area contributed by atoms with Crippen molar-refractivity contribution in [2.75, 3.05) is 0 Å². The van der Waals surface area contributed by atoms with Crippen LogP contribution in [0.3, 0.4) is 0 Å². The Morgan fingerprint density at radius 2 is 0.691 bits per heavy atom. The van der Waals surface area contributed by atoms with Crippen LogP contribution in [0.1, 0.15) is 99.9 Å². The molecule has 2 nitrogen and oxygen atoms in total. The molecular formula is C60H46Br2I3O2V. The van der Waals surface area contributed by atoms with Crippen LogP contribution in [0.4, 0.5) is 0 Å². The summed E-state index contributed by atoms with van der Waals surface area (Å²) < 4.78 is 15.6. The minimum absolute atomic E-state index is 0.0676. The topological polar surface area (TPSA) is 26.3 Å². The molecule has 0 N–H and O–H groups in total. The molecule has 4 aliphatic carbocycles. The monoisotopic (exact) mass is 1390 g/mol. The molecule has 0 fully saturated rings. The molecular weight excluding hydrogens is 1340 g/mol. The SMILES string of the molecule is CC1(C)c2cc(Br)ccc2-c2c1c1c(c3c2oc2ccccc23)-c2ccc(Br)cc2C1(C)C.CC1(C)c2ccccc2-c2c1c1c(c3c2oc2ccccc23)-c2ccccc2C1(C)C.[I][V]([I])[I]. The van der Waals surface area contributed by atoms with Gasteiger partial charge in [0.05, 0.1) is 0 Å². The summed E-state index contributed by atoms with van der Waals surface area (Å²) in [5.74, 6) is 0. The molecule has 68 heavy (non-hydrogen) atoms. The van der Waals surface area contributed by atoms with Crippen molar-refractivity contribution in [2.24, 2.45) is 0 Å². The molecule has 14 rings (SSSR count). The number of halogens is 5. The van der Waals surface area contributed by atoms with Gasteiger partial charge in [0.2, 0.25) is 0 Å². The van der Waals surface area contributed by atoms with Crippen LogP contribution >= 0.6 is 91.8 Å². The van der Waals surface area contributed by atoms with Gasteiger partial charge in [0.25, 0.3) is 0 Å².